The van der Waals surface area contributed by atoms with Gasteiger partial charge in [-0.3, -0.25) is 4.79 Å². The van der Waals surface area contributed by atoms with E-state index in [2.05, 4.69) is 5.32 Å². The molecule has 1 amide bonds. The summed E-state index contributed by atoms with van der Waals surface area (Å²) in [7, 11) is -3.48. The van der Waals surface area contributed by atoms with E-state index in [0.29, 0.717) is 18.0 Å². The third kappa shape index (κ3) is 4.96. The van der Waals surface area contributed by atoms with Crippen LogP contribution >= 0.6 is 23.2 Å². The van der Waals surface area contributed by atoms with Gasteiger partial charge in [0.1, 0.15) is 0 Å². The van der Waals surface area contributed by atoms with E-state index in [1.54, 1.807) is 12.1 Å². The zero-order valence-electron chi connectivity index (χ0n) is 12.3. The SMILES string of the molecule is CS(=O)(=O)c1cc(C(=O)NCCc2ccc(Cl)cc2)ccc1Cl. The molecule has 0 radical (unpaired) electrons. The van der Waals surface area contributed by atoms with Gasteiger partial charge in [-0.05, 0) is 42.3 Å². The highest BCUT2D eigenvalue weighted by molar-refractivity contribution is 7.90. The van der Waals surface area contributed by atoms with Crippen molar-refractivity contribution in [2.45, 2.75) is 11.3 Å². The van der Waals surface area contributed by atoms with Crippen LogP contribution in [0.15, 0.2) is 47.4 Å². The summed E-state index contributed by atoms with van der Waals surface area (Å²) in [6.45, 7) is 0.428. The number of benzene rings is 2. The second-order valence-electron chi connectivity index (χ2n) is 5.05. The van der Waals surface area contributed by atoms with Crippen LogP contribution in [0.5, 0.6) is 0 Å². The minimum absolute atomic E-state index is 0.0514. The molecule has 0 aromatic heterocycles. The standard InChI is InChI=1S/C16H15Cl2NO3S/c1-23(21,22)15-10-12(4-7-14(15)18)16(20)19-9-8-11-2-5-13(17)6-3-11/h2-7,10H,8-9H2,1H3,(H,19,20). The van der Waals surface area contributed by atoms with Crippen LogP contribution in [0.1, 0.15) is 15.9 Å². The molecular formula is C16H15Cl2NO3S. The number of carbonyl (C=O) groups is 1. The molecular weight excluding hydrogens is 357 g/mol. The molecule has 2 rings (SSSR count). The summed E-state index contributed by atoms with van der Waals surface area (Å²) < 4.78 is 23.3. The zero-order chi connectivity index (χ0) is 17.0. The van der Waals surface area contributed by atoms with Crippen LogP contribution in [0.4, 0.5) is 0 Å². The average molecular weight is 372 g/mol. The number of hydrogen-bond acceptors (Lipinski definition) is 3. The molecule has 0 spiro atoms. The molecule has 7 heteroatoms. The zero-order valence-corrected chi connectivity index (χ0v) is 14.7. The van der Waals surface area contributed by atoms with Gasteiger partial charge in [-0.1, -0.05) is 35.3 Å². The smallest absolute Gasteiger partial charge is 0.251 e. The molecule has 0 unspecified atom stereocenters. The third-order valence-corrected chi connectivity index (χ3v) is 5.04. The van der Waals surface area contributed by atoms with Crippen molar-refractivity contribution in [1.29, 1.82) is 0 Å². The fraction of sp³-hybridized carbons (Fsp3) is 0.188. The lowest BCUT2D eigenvalue weighted by Gasteiger charge is -2.08. The summed E-state index contributed by atoms with van der Waals surface area (Å²) in [4.78, 5) is 12.1. The summed E-state index contributed by atoms with van der Waals surface area (Å²) in [6.07, 6.45) is 1.70. The summed E-state index contributed by atoms with van der Waals surface area (Å²) in [5, 5.41) is 3.51. The lowest BCUT2D eigenvalue weighted by molar-refractivity contribution is 0.0954. The molecule has 0 heterocycles. The number of rotatable bonds is 5. The monoisotopic (exact) mass is 371 g/mol. The average Bonchev–Trinajstić information content (AvgIpc) is 2.48. The van der Waals surface area contributed by atoms with Crippen molar-refractivity contribution >= 4 is 38.9 Å². The van der Waals surface area contributed by atoms with Crippen molar-refractivity contribution in [1.82, 2.24) is 5.32 Å². The fourth-order valence-corrected chi connectivity index (χ4v) is 3.43. The Morgan fingerprint density at radius 3 is 2.35 bits per heavy atom. The van der Waals surface area contributed by atoms with Gasteiger partial charge < -0.3 is 5.32 Å². The van der Waals surface area contributed by atoms with Gasteiger partial charge in [0, 0.05) is 23.4 Å². The number of hydrogen-bond donors (Lipinski definition) is 1. The highest BCUT2D eigenvalue weighted by Crippen LogP contribution is 2.22. The van der Waals surface area contributed by atoms with E-state index in [-0.39, 0.29) is 21.4 Å². The summed E-state index contributed by atoms with van der Waals surface area (Å²) in [5.74, 6) is -0.347. The van der Waals surface area contributed by atoms with Crippen molar-refractivity contribution in [3.8, 4) is 0 Å². The van der Waals surface area contributed by atoms with Gasteiger partial charge >= 0.3 is 0 Å². The minimum atomic E-state index is -3.48. The van der Waals surface area contributed by atoms with Crippen LogP contribution in [0.3, 0.4) is 0 Å². The quantitative estimate of drug-likeness (QED) is 0.875. The predicted molar refractivity (Wildman–Crippen MR) is 92.1 cm³/mol. The Bertz CT molecular complexity index is 818. The minimum Gasteiger partial charge on any atom is -0.352 e. The largest absolute Gasteiger partial charge is 0.352 e. The molecule has 0 aliphatic carbocycles. The predicted octanol–water partition coefficient (Wildman–Crippen LogP) is 3.37. The van der Waals surface area contributed by atoms with Crippen molar-refractivity contribution in [2.75, 3.05) is 12.8 Å². The van der Waals surface area contributed by atoms with E-state index in [1.165, 1.54) is 18.2 Å². The fourth-order valence-electron chi connectivity index (χ4n) is 2.00. The van der Waals surface area contributed by atoms with Crippen molar-refractivity contribution in [3.05, 3.63) is 63.6 Å². The first kappa shape index (κ1) is 17.8. The van der Waals surface area contributed by atoms with E-state index in [0.717, 1.165) is 11.8 Å². The van der Waals surface area contributed by atoms with E-state index < -0.39 is 9.84 Å². The summed E-state index contributed by atoms with van der Waals surface area (Å²) in [6, 6.07) is 11.5. The Balaban J connectivity index is 2.02. The van der Waals surface area contributed by atoms with Gasteiger partial charge in [0.15, 0.2) is 9.84 Å². The maximum Gasteiger partial charge on any atom is 0.251 e. The molecule has 122 valence electrons. The number of halogens is 2. The van der Waals surface area contributed by atoms with Crippen LogP contribution in [-0.2, 0) is 16.3 Å². The maximum absolute atomic E-state index is 12.1. The second kappa shape index (κ2) is 7.34. The van der Waals surface area contributed by atoms with Gasteiger partial charge in [0.2, 0.25) is 0 Å². The van der Waals surface area contributed by atoms with Gasteiger partial charge in [-0.2, -0.15) is 0 Å². The van der Waals surface area contributed by atoms with Crippen molar-refractivity contribution < 1.29 is 13.2 Å². The Morgan fingerprint density at radius 2 is 1.74 bits per heavy atom. The molecule has 0 saturated heterocycles. The topological polar surface area (TPSA) is 63.2 Å². The lowest BCUT2D eigenvalue weighted by atomic mass is 10.1. The second-order valence-corrected chi connectivity index (χ2v) is 7.88. The van der Waals surface area contributed by atoms with Crippen LogP contribution < -0.4 is 5.32 Å². The molecule has 0 atom stereocenters. The van der Waals surface area contributed by atoms with E-state index in [4.69, 9.17) is 23.2 Å². The molecule has 0 aliphatic rings. The van der Waals surface area contributed by atoms with Crippen LogP contribution in [0, 0.1) is 0 Å². The molecule has 2 aromatic carbocycles. The first-order valence-electron chi connectivity index (χ1n) is 6.79. The number of sulfone groups is 1. The van der Waals surface area contributed by atoms with E-state index in [9.17, 15) is 13.2 Å². The van der Waals surface area contributed by atoms with Gasteiger partial charge in [-0.25, -0.2) is 8.42 Å². The molecule has 0 fully saturated rings. The highest BCUT2D eigenvalue weighted by Gasteiger charge is 2.15. The molecule has 1 N–H and O–H groups in total. The third-order valence-electron chi connectivity index (χ3n) is 3.21. The van der Waals surface area contributed by atoms with Gasteiger partial charge in [0.05, 0.1) is 9.92 Å². The Labute approximate surface area is 145 Å². The lowest BCUT2D eigenvalue weighted by Crippen LogP contribution is -2.25. The molecule has 23 heavy (non-hydrogen) atoms. The summed E-state index contributed by atoms with van der Waals surface area (Å²) in [5.41, 5.74) is 1.30. The molecule has 2 aromatic rings. The number of carbonyl (C=O) groups excluding carboxylic acids is 1. The van der Waals surface area contributed by atoms with Crippen LogP contribution in [0.2, 0.25) is 10.0 Å². The van der Waals surface area contributed by atoms with E-state index in [1.807, 2.05) is 12.1 Å². The van der Waals surface area contributed by atoms with E-state index >= 15 is 0 Å². The Kier molecular flexibility index (Phi) is 5.68. The summed E-state index contributed by atoms with van der Waals surface area (Å²) >= 11 is 11.7. The van der Waals surface area contributed by atoms with Gasteiger partial charge in [-0.15, -0.1) is 0 Å². The first-order chi connectivity index (χ1) is 10.8. The molecule has 0 bridgehead atoms. The molecule has 0 aliphatic heterocycles. The van der Waals surface area contributed by atoms with Crippen molar-refractivity contribution in [2.24, 2.45) is 0 Å². The number of amides is 1. The van der Waals surface area contributed by atoms with Gasteiger partial charge in [0.25, 0.3) is 5.91 Å². The normalized spacial score (nSPS) is 11.3. The molecule has 4 nitrogen and oxygen atoms in total. The maximum atomic E-state index is 12.1. The van der Waals surface area contributed by atoms with Crippen LogP contribution in [0.25, 0.3) is 0 Å². The first-order valence-corrected chi connectivity index (χ1v) is 9.44. The Hall–Kier alpha value is -1.56. The highest BCUT2D eigenvalue weighted by atomic mass is 35.5. The molecule has 0 saturated carbocycles. The number of nitrogens with one attached hydrogen (secondary N) is 1. The Morgan fingerprint density at radius 1 is 1.09 bits per heavy atom. The van der Waals surface area contributed by atoms with Crippen molar-refractivity contribution in [3.63, 3.8) is 0 Å². The van der Waals surface area contributed by atoms with Crippen LogP contribution in [-0.4, -0.2) is 27.1 Å².